The van der Waals surface area contributed by atoms with Crippen LogP contribution in [0.5, 0.6) is 0 Å². The molecule has 0 N–H and O–H groups in total. The Morgan fingerprint density at radius 2 is 0.594 bits per heavy atom. The van der Waals surface area contributed by atoms with Gasteiger partial charge in [-0.25, -0.2) is 0 Å². The van der Waals surface area contributed by atoms with Crippen molar-refractivity contribution in [2.24, 2.45) is 0 Å². The average Bonchev–Trinajstić information content (AvgIpc) is 3.35. The lowest BCUT2D eigenvalue weighted by Gasteiger charge is -2.18. The number of unbranched alkanes of at least 4 members (excludes halogenated alkanes) is 29. The van der Waals surface area contributed by atoms with Crippen molar-refractivity contribution in [3.05, 3.63) is 97.2 Å². The fourth-order valence-corrected chi connectivity index (χ4v) is 7.87. The van der Waals surface area contributed by atoms with E-state index >= 15 is 0 Å². The maximum Gasteiger partial charge on any atom is 0.306 e. The van der Waals surface area contributed by atoms with Crippen molar-refractivity contribution in [1.29, 1.82) is 0 Å². The van der Waals surface area contributed by atoms with E-state index in [2.05, 4.69) is 63.3 Å². The van der Waals surface area contributed by atoms with Crippen LogP contribution in [-0.4, -0.2) is 37.2 Å². The fourth-order valence-electron chi connectivity index (χ4n) is 7.87. The van der Waals surface area contributed by atoms with E-state index in [4.69, 9.17) is 14.2 Å². The van der Waals surface area contributed by atoms with Gasteiger partial charge in [0.05, 0.1) is 0 Å². The van der Waals surface area contributed by atoms with Crippen LogP contribution in [0.15, 0.2) is 97.2 Å². The first-order valence-corrected chi connectivity index (χ1v) is 28.8. The van der Waals surface area contributed by atoms with E-state index in [1.54, 1.807) is 0 Å². The topological polar surface area (TPSA) is 78.9 Å². The summed E-state index contributed by atoms with van der Waals surface area (Å²) in [4.78, 5) is 38.1. The van der Waals surface area contributed by atoms with Gasteiger partial charge in [-0.15, -0.1) is 0 Å². The van der Waals surface area contributed by atoms with E-state index in [9.17, 15) is 14.4 Å². The number of carbonyl (C=O) groups excluding carboxylic acids is 3. The monoisotopic (exact) mass is 959 g/mol. The molecule has 0 heterocycles. The van der Waals surface area contributed by atoms with Gasteiger partial charge >= 0.3 is 17.9 Å². The molecular weight excluding hydrogens is 853 g/mol. The van der Waals surface area contributed by atoms with Crippen molar-refractivity contribution in [3.8, 4) is 0 Å². The lowest BCUT2D eigenvalue weighted by Crippen LogP contribution is -2.30. The number of esters is 3. The third kappa shape index (κ3) is 55.1. The minimum atomic E-state index is -0.811. The minimum absolute atomic E-state index is 0.104. The van der Waals surface area contributed by atoms with Crippen LogP contribution in [0.1, 0.15) is 265 Å². The highest BCUT2D eigenvalue weighted by Crippen LogP contribution is 2.15. The second-order valence-corrected chi connectivity index (χ2v) is 19.0. The molecule has 1 unspecified atom stereocenters. The van der Waals surface area contributed by atoms with Gasteiger partial charge in [0, 0.05) is 19.3 Å². The molecule has 0 spiro atoms. The first-order valence-electron chi connectivity index (χ1n) is 28.8. The zero-order valence-electron chi connectivity index (χ0n) is 45.0. The molecule has 0 rings (SSSR count). The molecule has 0 saturated heterocycles. The summed E-state index contributed by atoms with van der Waals surface area (Å²) < 4.78 is 16.8. The molecular formula is C63H106O6. The van der Waals surface area contributed by atoms with Gasteiger partial charge in [-0.1, -0.05) is 259 Å². The van der Waals surface area contributed by atoms with Crippen molar-refractivity contribution >= 4 is 17.9 Å². The molecule has 0 fully saturated rings. The van der Waals surface area contributed by atoms with E-state index in [-0.39, 0.29) is 37.5 Å². The maximum absolute atomic E-state index is 12.9. The lowest BCUT2D eigenvalue weighted by atomic mass is 10.1. The molecule has 0 amide bonds. The average molecular weight is 960 g/mol. The Morgan fingerprint density at radius 3 is 1.03 bits per heavy atom. The molecule has 0 saturated carbocycles. The van der Waals surface area contributed by atoms with Gasteiger partial charge < -0.3 is 14.2 Å². The summed E-state index contributed by atoms with van der Waals surface area (Å²) in [5, 5.41) is 0. The summed E-state index contributed by atoms with van der Waals surface area (Å²) >= 11 is 0. The van der Waals surface area contributed by atoms with Crippen LogP contribution < -0.4 is 0 Å². The molecule has 0 aliphatic heterocycles. The first-order chi connectivity index (χ1) is 34.0. The van der Waals surface area contributed by atoms with Crippen molar-refractivity contribution in [2.75, 3.05) is 13.2 Å². The van der Waals surface area contributed by atoms with Gasteiger partial charge in [0.1, 0.15) is 13.2 Å². The fraction of sp³-hybridized carbons (Fsp3) is 0.698. The van der Waals surface area contributed by atoms with Crippen molar-refractivity contribution < 1.29 is 28.6 Å². The second kappa shape index (κ2) is 56.9. The lowest BCUT2D eigenvalue weighted by molar-refractivity contribution is -0.167. The Hall–Kier alpha value is -3.67. The highest BCUT2D eigenvalue weighted by Gasteiger charge is 2.19. The molecule has 0 aliphatic carbocycles. The summed E-state index contributed by atoms with van der Waals surface area (Å²) in [6, 6.07) is 0. The SMILES string of the molecule is CC\C=C/C=C\C=C/C=C\C=C/CCCC(=O)OCC(COC(=O)CCCCCCCCCCCC/C=C\C=C/CCCCC)OC(=O)CCCCCCCCC/C=C\CCCCCCCCCC. The Morgan fingerprint density at radius 1 is 0.304 bits per heavy atom. The first kappa shape index (κ1) is 65.3. The van der Waals surface area contributed by atoms with Gasteiger partial charge in [-0.2, -0.15) is 0 Å². The summed E-state index contributed by atoms with van der Waals surface area (Å²) in [7, 11) is 0. The molecule has 6 nitrogen and oxygen atoms in total. The van der Waals surface area contributed by atoms with Crippen LogP contribution in [0, 0.1) is 0 Å². The smallest absolute Gasteiger partial charge is 0.306 e. The normalized spacial score (nSPS) is 12.8. The van der Waals surface area contributed by atoms with E-state index in [0.717, 1.165) is 51.4 Å². The Bertz CT molecular complexity index is 1380. The molecule has 0 bridgehead atoms. The molecule has 394 valence electrons. The van der Waals surface area contributed by atoms with Crippen LogP contribution in [0.2, 0.25) is 0 Å². The van der Waals surface area contributed by atoms with Crippen molar-refractivity contribution in [3.63, 3.8) is 0 Å². The number of allylic oxidation sites excluding steroid dienone is 16. The zero-order valence-corrected chi connectivity index (χ0v) is 45.0. The van der Waals surface area contributed by atoms with Crippen molar-refractivity contribution in [1.82, 2.24) is 0 Å². The van der Waals surface area contributed by atoms with E-state index < -0.39 is 6.10 Å². The standard InChI is InChI=1S/C63H106O6/c1-4-7-10-13-16-19-22-25-27-29-31-33-35-38-41-44-47-50-53-56-62(65)68-59-60(58-67-61(64)55-52-49-46-43-40-37-24-21-18-15-12-9-6-3)69-63(66)57-54-51-48-45-42-39-36-34-32-30-28-26-23-20-17-14-11-8-5-2/h9,12,15-16,18-19,21-22,24-25,30,32,37,40,43,46,60H,4-8,10-11,13-14,17,20,23,26-29,31,33-36,38-39,41-42,44-45,47-59H2,1-3H3/b12-9-,18-15-,19-16-,24-21-,25-22-,32-30-,40-37-,46-43-. The van der Waals surface area contributed by atoms with Gasteiger partial charge in [-0.3, -0.25) is 14.4 Å². The van der Waals surface area contributed by atoms with Crippen LogP contribution >= 0.6 is 0 Å². The quantitative estimate of drug-likeness (QED) is 0.0199. The molecule has 1 atom stereocenters. The van der Waals surface area contributed by atoms with E-state index in [1.165, 1.54) is 167 Å². The summed E-state index contributed by atoms with van der Waals surface area (Å²) in [5.74, 6) is -0.985. The number of hydrogen-bond acceptors (Lipinski definition) is 6. The van der Waals surface area contributed by atoms with Crippen LogP contribution in [-0.2, 0) is 28.6 Å². The number of carbonyl (C=O) groups is 3. The highest BCUT2D eigenvalue weighted by molar-refractivity contribution is 5.71. The van der Waals surface area contributed by atoms with Gasteiger partial charge in [-0.05, 0) is 83.5 Å². The molecule has 69 heavy (non-hydrogen) atoms. The Kier molecular flexibility index (Phi) is 53.9. The van der Waals surface area contributed by atoms with Gasteiger partial charge in [0.25, 0.3) is 0 Å². The van der Waals surface area contributed by atoms with Crippen molar-refractivity contribution in [2.45, 2.75) is 271 Å². The second-order valence-electron chi connectivity index (χ2n) is 19.0. The van der Waals surface area contributed by atoms with E-state index in [1.807, 2.05) is 54.7 Å². The Labute approximate surface area is 426 Å². The number of hydrogen-bond donors (Lipinski definition) is 0. The third-order valence-corrected chi connectivity index (χ3v) is 12.2. The Balaban J connectivity index is 4.43. The largest absolute Gasteiger partial charge is 0.462 e. The van der Waals surface area contributed by atoms with Gasteiger partial charge in [0.2, 0.25) is 0 Å². The van der Waals surface area contributed by atoms with Crippen LogP contribution in [0.4, 0.5) is 0 Å². The summed E-state index contributed by atoms with van der Waals surface area (Å²) in [6.45, 7) is 6.41. The minimum Gasteiger partial charge on any atom is -0.462 e. The molecule has 0 aromatic carbocycles. The molecule has 0 aromatic heterocycles. The summed E-state index contributed by atoms with van der Waals surface area (Å²) in [6.07, 6.45) is 75.5. The van der Waals surface area contributed by atoms with Crippen LogP contribution in [0.3, 0.4) is 0 Å². The molecule has 0 aromatic rings. The van der Waals surface area contributed by atoms with Crippen LogP contribution in [0.25, 0.3) is 0 Å². The van der Waals surface area contributed by atoms with Gasteiger partial charge in [0.15, 0.2) is 6.10 Å². The third-order valence-electron chi connectivity index (χ3n) is 12.2. The highest BCUT2D eigenvalue weighted by atomic mass is 16.6. The maximum atomic E-state index is 12.9. The number of rotatable bonds is 51. The zero-order chi connectivity index (χ0) is 50.0. The predicted molar refractivity (Wildman–Crippen MR) is 297 cm³/mol. The number of ether oxygens (including phenoxy) is 3. The van der Waals surface area contributed by atoms with E-state index in [0.29, 0.717) is 19.3 Å². The predicted octanol–water partition coefficient (Wildman–Crippen LogP) is 19.3. The molecule has 0 aliphatic rings. The summed E-state index contributed by atoms with van der Waals surface area (Å²) in [5.41, 5.74) is 0. The molecule has 6 heteroatoms. The molecule has 0 radical (unpaired) electrons.